The van der Waals surface area contributed by atoms with Gasteiger partial charge in [-0.1, -0.05) is 0 Å². The van der Waals surface area contributed by atoms with Gasteiger partial charge in [0, 0.05) is 13.1 Å². The van der Waals surface area contributed by atoms with E-state index in [0.717, 1.165) is 21.1 Å². The number of carbonyl (C=O) groups is 2. The fourth-order valence-electron chi connectivity index (χ4n) is 1.54. The lowest BCUT2D eigenvalue weighted by molar-refractivity contribution is 0.235. The second kappa shape index (κ2) is 5.83. The highest BCUT2D eigenvalue weighted by atomic mass is 32.2. The van der Waals surface area contributed by atoms with Crippen molar-refractivity contribution in [1.29, 1.82) is 0 Å². The molecule has 0 saturated carbocycles. The van der Waals surface area contributed by atoms with E-state index in [1.54, 1.807) is 0 Å². The number of carbonyl (C=O) groups excluding carboxylic acids is 2. The van der Waals surface area contributed by atoms with Gasteiger partial charge >= 0.3 is 12.1 Å². The lowest BCUT2D eigenvalue weighted by Gasteiger charge is -2.09. The summed E-state index contributed by atoms with van der Waals surface area (Å²) in [6.45, 7) is 1.31. The van der Waals surface area contributed by atoms with Crippen molar-refractivity contribution in [1.82, 2.24) is 19.2 Å². The molecule has 0 unspecified atom stereocenters. The molecule has 2 aliphatic rings. The Morgan fingerprint density at radius 1 is 0.800 bits per heavy atom. The SMILES string of the molecule is CS(=O)(=O)N1CCNC1=O.CS(=O)(=O)N1CCNC1=O. The van der Waals surface area contributed by atoms with Gasteiger partial charge in [0.1, 0.15) is 0 Å². The minimum Gasteiger partial charge on any atom is -0.335 e. The highest BCUT2D eigenvalue weighted by Crippen LogP contribution is 2.02. The molecule has 116 valence electrons. The van der Waals surface area contributed by atoms with Crippen LogP contribution in [0.15, 0.2) is 0 Å². The third-order valence-electron chi connectivity index (χ3n) is 2.44. The summed E-state index contributed by atoms with van der Waals surface area (Å²) in [5.41, 5.74) is 0. The summed E-state index contributed by atoms with van der Waals surface area (Å²) in [6, 6.07) is -1.05. The van der Waals surface area contributed by atoms with Crippen molar-refractivity contribution in [3.05, 3.63) is 0 Å². The minimum absolute atomic E-state index is 0.248. The van der Waals surface area contributed by atoms with Gasteiger partial charge in [0.2, 0.25) is 20.0 Å². The Morgan fingerprint density at radius 3 is 1.20 bits per heavy atom. The number of hydrogen-bond donors (Lipinski definition) is 2. The number of rotatable bonds is 2. The molecule has 0 aromatic heterocycles. The maximum absolute atomic E-state index is 10.7. The van der Waals surface area contributed by atoms with E-state index in [0.29, 0.717) is 13.1 Å². The van der Waals surface area contributed by atoms with Crippen molar-refractivity contribution < 1.29 is 26.4 Å². The van der Waals surface area contributed by atoms with Crippen LogP contribution in [-0.4, -0.2) is 76.2 Å². The molecule has 0 aromatic rings. The Balaban J connectivity index is 0.000000200. The molecule has 2 rings (SSSR count). The maximum atomic E-state index is 10.7. The van der Waals surface area contributed by atoms with Crippen LogP contribution in [0.1, 0.15) is 0 Å². The van der Waals surface area contributed by atoms with Gasteiger partial charge in [-0.3, -0.25) is 0 Å². The summed E-state index contributed by atoms with van der Waals surface area (Å²) < 4.78 is 44.5. The molecule has 10 nitrogen and oxygen atoms in total. The van der Waals surface area contributed by atoms with Crippen LogP contribution in [0.3, 0.4) is 0 Å². The molecular weight excluding hydrogens is 312 g/mol. The molecule has 0 aliphatic carbocycles. The van der Waals surface area contributed by atoms with Gasteiger partial charge in [-0.2, -0.15) is 0 Å². The zero-order valence-corrected chi connectivity index (χ0v) is 12.6. The predicted octanol–water partition coefficient (Wildman–Crippen LogP) is -2.06. The number of hydrogen-bond acceptors (Lipinski definition) is 6. The lowest BCUT2D eigenvalue weighted by atomic mass is 10.7. The number of amides is 4. The van der Waals surface area contributed by atoms with Crippen LogP contribution in [0.2, 0.25) is 0 Å². The summed E-state index contributed by atoms with van der Waals surface area (Å²) in [6.07, 6.45) is 2.02. The van der Waals surface area contributed by atoms with Crippen molar-refractivity contribution >= 4 is 32.1 Å². The van der Waals surface area contributed by atoms with Crippen LogP contribution >= 0.6 is 0 Å². The fraction of sp³-hybridized carbons (Fsp3) is 0.750. The monoisotopic (exact) mass is 328 g/mol. The standard InChI is InChI=1S/2C4H8N2O3S/c2*1-10(8,9)6-3-2-5-4(6)7/h2*2-3H2,1H3,(H,5,7). The average molecular weight is 328 g/mol. The molecule has 0 bridgehead atoms. The van der Waals surface area contributed by atoms with Gasteiger partial charge in [0.15, 0.2) is 0 Å². The molecule has 12 heteroatoms. The van der Waals surface area contributed by atoms with Gasteiger partial charge in [0.05, 0.1) is 25.6 Å². The summed E-state index contributed by atoms with van der Waals surface area (Å²) >= 11 is 0. The van der Waals surface area contributed by atoms with Crippen LogP contribution in [0.5, 0.6) is 0 Å². The molecule has 2 saturated heterocycles. The van der Waals surface area contributed by atoms with E-state index in [4.69, 9.17) is 0 Å². The van der Waals surface area contributed by atoms with Crippen LogP contribution < -0.4 is 10.6 Å². The molecule has 0 atom stereocenters. The number of nitrogens with zero attached hydrogens (tertiary/aromatic N) is 2. The van der Waals surface area contributed by atoms with Crippen molar-refractivity contribution in [3.8, 4) is 0 Å². The van der Waals surface area contributed by atoms with Gasteiger partial charge in [-0.25, -0.2) is 35.0 Å². The molecule has 2 heterocycles. The third-order valence-corrected chi connectivity index (χ3v) is 4.73. The smallest absolute Gasteiger partial charge is 0.331 e. The molecule has 4 amide bonds. The number of urea groups is 2. The van der Waals surface area contributed by atoms with Crippen LogP contribution in [0.25, 0.3) is 0 Å². The van der Waals surface area contributed by atoms with E-state index >= 15 is 0 Å². The third kappa shape index (κ3) is 4.23. The maximum Gasteiger partial charge on any atom is 0.331 e. The lowest BCUT2D eigenvalue weighted by Crippen LogP contribution is -2.33. The Labute approximate surface area is 117 Å². The first kappa shape index (κ1) is 16.5. The summed E-state index contributed by atoms with van der Waals surface area (Å²) in [4.78, 5) is 21.3. The van der Waals surface area contributed by atoms with Crippen molar-refractivity contribution in [2.45, 2.75) is 0 Å². The Kier molecular flexibility index (Phi) is 4.81. The Hall–Kier alpha value is -1.56. The van der Waals surface area contributed by atoms with E-state index in [-0.39, 0.29) is 13.1 Å². The van der Waals surface area contributed by atoms with Crippen molar-refractivity contribution in [2.24, 2.45) is 0 Å². The largest absolute Gasteiger partial charge is 0.335 e. The molecule has 2 fully saturated rings. The summed E-state index contributed by atoms with van der Waals surface area (Å²) in [5, 5.41) is 4.77. The molecule has 0 radical (unpaired) electrons. The van der Waals surface area contributed by atoms with Gasteiger partial charge < -0.3 is 10.6 Å². The van der Waals surface area contributed by atoms with Crippen LogP contribution in [0.4, 0.5) is 9.59 Å². The zero-order valence-electron chi connectivity index (χ0n) is 11.0. The molecular formula is C8H16N4O6S2. The first-order valence-electron chi connectivity index (χ1n) is 5.54. The normalized spacial score (nSPS) is 19.3. The molecule has 2 aliphatic heterocycles. The van der Waals surface area contributed by atoms with Crippen molar-refractivity contribution in [3.63, 3.8) is 0 Å². The number of nitrogens with one attached hydrogen (secondary N) is 2. The second-order valence-corrected chi connectivity index (χ2v) is 7.95. The van der Waals surface area contributed by atoms with E-state index in [1.165, 1.54) is 0 Å². The first-order valence-corrected chi connectivity index (χ1v) is 9.24. The topological polar surface area (TPSA) is 133 Å². The minimum atomic E-state index is -3.33. The number of sulfonamides is 2. The Morgan fingerprint density at radius 2 is 1.10 bits per heavy atom. The first-order chi connectivity index (χ1) is 9.03. The molecule has 0 aromatic carbocycles. The highest BCUT2D eigenvalue weighted by Gasteiger charge is 2.27. The second-order valence-electron chi connectivity index (χ2n) is 4.13. The molecule has 2 N–H and O–H groups in total. The quantitative estimate of drug-likeness (QED) is 0.599. The fourth-order valence-corrected chi connectivity index (χ4v) is 3.12. The van der Waals surface area contributed by atoms with Gasteiger partial charge in [-0.05, 0) is 0 Å². The van der Waals surface area contributed by atoms with E-state index in [9.17, 15) is 26.4 Å². The Bertz CT molecular complexity index is 544. The van der Waals surface area contributed by atoms with Gasteiger partial charge in [-0.15, -0.1) is 0 Å². The van der Waals surface area contributed by atoms with Gasteiger partial charge in [0.25, 0.3) is 0 Å². The van der Waals surface area contributed by atoms with Crippen molar-refractivity contribution in [2.75, 3.05) is 38.7 Å². The molecule has 0 spiro atoms. The van der Waals surface area contributed by atoms with Crippen LogP contribution in [-0.2, 0) is 20.0 Å². The molecule has 20 heavy (non-hydrogen) atoms. The summed E-state index contributed by atoms with van der Waals surface area (Å²) in [5.74, 6) is 0. The zero-order chi connectivity index (χ0) is 15.6. The van der Waals surface area contributed by atoms with Crippen LogP contribution in [0, 0.1) is 0 Å². The highest BCUT2D eigenvalue weighted by molar-refractivity contribution is 7.89. The van der Waals surface area contributed by atoms with E-state index < -0.39 is 32.1 Å². The summed E-state index contributed by atoms with van der Waals surface area (Å²) in [7, 11) is -6.66. The predicted molar refractivity (Wildman–Crippen MR) is 69.9 cm³/mol. The average Bonchev–Trinajstić information content (AvgIpc) is 2.85. The van der Waals surface area contributed by atoms with E-state index in [2.05, 4.69) is 10.6 Å². The van der Waals surface area contributed by atoms with E-state index in [1.807, 2.05) is 0 Å².